The van der Waals surface area contributed by atoms with Crippen LogP contribution < -0.4 is 0 Å². The van der Waals surface area contributed by atoms with E-state index in [0.717, 1.165) is 29.2 Å². The van der Waals surface area contributed by atoms with Gasteiger partial charge >= 0.3 is 5.97 Å². The number of esters is 1. The van der Waals surface area contributed by atoms with Gasteiger partial charge in [0.2, 0.25) is 5.91 Å². The quantitative estimate of drug-likeness (QED) is 0.632. The van der Waals surface area contributed by atoms with Gasteiger partial charge < -0.3 is 9.64 Å². The van der Waals surface area contributed by atoms with Gasteiger partial charge in [-0.15, -0.1) is 0 Å². The molecule has 0 aliphatic carbocycles. The molecule has 1 saturated heterocycles. The Kier molecular flexibility index (Phi) is 5.49. The van der Waals surface area contributed by atoms with Crippen molar-refractivity contribution in [2.24, 2.45) is 5.92 Å². The average molecular weight is 337 g/mol. The Morgan fingerprint density at radius 3 is 2.84 bits per heavy atom. The van der Waals surface area contributed by atoms with Crippen molar-refractivity contribution in [2.75, 3.05) is 19.7 Å². The van der Waals surface area contributed by atoms with Crippen molar-refractivity contribution < 1.29 is 14.3 Å². The number of rotatable bonds is 4. The lowest BCUT2D eigenvalue weighted by molar-refractivity contribution is -0.150. The molecular formula is C21H23NO3. The summed E-state index contributed by atoms with van der Waals surface area (Å²) in [7, 11) is 0. The molecule has 4 heteroatoms. The van der Waals surface area contributed by atoms with Crippen molar-refractivity contribution in [2.45, 2.75) is 19.8 Å². The van der Waals surface area contributed by atoms with Crippen molar-refractivity contribution in [1.29, 1.82) is 0 Å². The van der Waals surface area contributed by atoms with Gasteiger partial charge in [0.05, 0.1) is 12.5 Å². The van der Waals surface area contributed by atoms with Crippen LogP contribution in [-0.4, -0.2) is 36.5 Å². The van der Waals surface area contributed by atoms with Crippen LogP contribution in [0.15, 0.2) is 48.5 Å². The van der Waals surface area contributed by atoms with Crippen LogP contribution in [0.25, 0.3) is 16.8 Å². The number of hydrogen-bond donors (Lipinski definition) is 0. The van der Waals surface area contributed by atoms with Gasteiger partial charge in [-0.2, -0.15) is 0 Å². The summed E-state index contributed by atoms with van der Waals surface area (Å²) in [6.07, 6.45) is 5.08. The molecular weight excluding hydrogens is 314 g/mol. The third kappa shape index (κ3) is 4.08. The molecule has 2 aromatic carbocycles. The van der Waals surface area contributed by atoms with E-state index >= 15 is 0 Å². The van der Waals surface area contributed by atoms with E-state index in [0.29, 0.717) is 19.7 Å². The number of fused-ring (bicyclic) bond motifs is 1. The summed E-state index contributed by atoms with van der Waals surface area (Å²) < 4.78 is 5.09. The number of amides is 1. The summed E-state index contributed by atoms with van der Waals surface area (Å²) in [4.78, 5) is 26.2. The Labute approximate surface area is 148 Å². The monoisotopic (exact) mass is 337 g/mol. The van der Waals surface area contributed by atoms with Gasteiger partial charge in [0.15, 0.2) is 0 Å². The third-order valence-electron chi connectivity index (χ3n) is 4.58. The first-order chi connectivity index (χ1) is 12.2. The van der Waals surface area contributed by atoms with E-state index < -0.39 is 0 Å². The number of carbonyl (C=O) groups is 2. The van der Waals surface area contributed by atoms with Crippen molar-refractivity contribution in [3.05, 3.63) is 54.1 Å². The molecule has 1 atom stereocenters. The average Bonchev–Trinajstić information content (AvgIpc) is 2.66. The number of benzene rings is 2. The number of ether oxygens (including phenoxy) is 1. The molecule has 2 aromatic rings. The second-order valence-corrected chi connectivity index (χ2v) is 6.28. The highest BCUT2D eigenvalue weighted by atomic mass is 16.5. The highest BCUT2D eigenvalue weighted by Crippen LogP contribution is 2.21. The highest BCUT2D eigenvalue weighted by Gasteiger charge is 2.28. The lowest BCUT2D eigenvalue weighted by atomic mass is 9.98. The minimum absolute atomic E-state index is 0.0538. The molecule has 0 radical (unpaired) electrons. The molecule has 130 valence electrons. The first-order valence-electron chi connectivity index (χ1n) is 8.80. The Hall–Kier alpha value is -2.62. The Morgan fingerprint density at radius 2 is 2.00 bits per heavy atom. The zero-order chi connectivity index (χ0) is 17.6. The summed E-state index contributed by atoms with van der Waals surface area (Å²) in [6.45, 7) is 3.31. The molecule has 3 rings (SSSR count). The fraction of sp³-hybridized carbons (Fsp3) is 0.333. The van der Waals surface area contributed by atoms with E-state index in [-0.39, 0.29) is 17.8 Å². The zero-order valence-electron chi connectivity index (χ0n) is 14.5. The molecule has 0 spiro atoms. The summed E-state index contributed by atoms with van der Waals surface area (Å²) in [5.74, 6) is -0.455. The van der Waals surface area contributed by atoms with Crippen LogP contribution in [0.2, 0.25) is 0 Å². The number of likely N-dealkylation sites (tertiary alicyclic amines) is 1. The second-order valence-electron chi connectivity index (χ2n) is 6.28. The fourth-order valence-electron chi connectivity index (χ4n) is 3.29. The first-order valence-corrected chi connectivity index (χ1v) is 8.80. The molecule has 0 aromatic heterocycles. The van der Waals surface area contributed by atoms with Crippen LogP contribution in [-0.2, 0) is 14.3 Å². The molecule has 4 nitrogen and oxygen atoms in total. The molecule has 25 heavy (non-hydrogen) atoms. The van der Waals surface area contributed by atoms with Gasteiger partial charge in [-0.1, -0.05) is 42.5 Å². The predicted molar refractivity (Wildman–Crippen MR) is 98.9 cm³/mol. The number of carbonyl (C=O) groups excluding carboxylic acids is 2. The smallest absolute Gasteiger partial charge is 0.310 e. The van der Waals surface area contributed by atoms with E-state index in [4.69, 9.17) is 4.74 Å². The van der Waals surface area contributed by atoms with Gasteiger partial charge in [0.25, 0.3) is 0 Å². The molecule has 0 saturated carbocycles. The van der Waals surface area contributed by atoms with Crippen molar-refractivity contribution >= 4 is 28.7 Å². The molecule has 0 bridgehead atoms. The molecule has 1 fully saturated rings. The van der Waals surface area contributed by atoms with Crippen molar-refractivity contribution in [3.8, 4) is 0 Å². The molecule has 0 N–H and O–H groups in total. The maximum atomic E-state index is 12.5. The van der Waals surface area contributed by atoms with Crippen molar-refractivity contribution in [3.63, 3.8) is 0 Å². The maximum Gasteiger partial charge on any atom is 0.310 e. The van der Waals surface area contributed by atoms with Gasteiger partial charge in [-0.05, 0) is 42.2 Å². The maximum absolute atomic E-state index is 12.5. The second kappa shape index (κ2) is 7.97. The van der Waals surface area contributed by atoms with E-state index in [1.165, 1.54) is 0 Å². The Morgan fingerprint density at radius 1 is 1.20 bits per heavy atom. The van der Waals surface area contributed by atoms with Gasteiger partial charge in [-0.25, -0.2) is 0 Å². The number of piperidine rings is 1. The Bertz CT molecular complexity index is 791. The Balaban J connectivity index is 1.70. The van der Waals surface area contributed by atoms with Crippen LogP contribution in [0.1, 0.15) is 25.3 Å². The van der Waals surface area contributed by atoms with Gasteiger partial charge in [-0.3, -0.25) is 9.59 Å². The van der Waals surface area contributed by atoms with E-state index in [1.54, 1.807) is 17.9 Å². The first kappa shape index (κ1) is 17.2. The molecule has 1 aliphatic heterocycles. The largest absolute Gasteiger partial charge is 0.466 e. The van der Waals surface area contributed by atoms with Crippen molar-refractivity contribution in [1.82, 2.24) is 4.90 Å². The molecule has 1 aliphatic rings. The fourth-order valence-corrected chi connectivity index (χ4v) is 3.29. The number of hydrogen-bond acceptors (Lipinski definition) is 3. The topological polar surface area (TPSA) is 46.6 Å². The van der Waals surface area contributed by atoms with E-state index in [9.17, 15) is 9.59 Å². The zero-order valence-corrected chi connectivity index (χ0v) is 14.5. The minimum Gasteiger partial charge on any atom is -0.466 e. The lowest BCUT2D eigenvalue weighted by Crippen LogP contribution is -2.42. The number of nitrogens with zero attached hydrogens (tertiary/aromatic N) is 1. The van der Waals surface area contributed by atoms with E-state index in [2.05, 4.69) is 18.2 Å². The SMILES string of the molecule is CCOC(=O)[C@H]1CCCN(C(=O)/C=C/c2cccc3ccccc23)C1. The van der Waals surface area contributed by atoms with Gasteiger partial charge in [0, 0.05) is 19.2 Å². The lowest BCUT2D eigenvalue weighted by Gasteiger charge is -2.30. The molecule has 1 amide bonds. The van der Waals surface area contributed by atoms with Crippen LogP contribution >= 0.6 is 0 Å². The van der Waals surface area contributed by atoms with E-state index in [1.807, 2.05) is 30.3 Å². The van der Waals surface area contributed by atoms with Gasteiger partial charge in [0.1, 0.15) is 0 Å². The summed E-state index contributed by atoms with van der Waals surface area (Å²) in [6, 6.07) is 14.2. The standard InChI is InChI=1S/C21H23NO3/c1-2-25-21(24)18-10-6-14-22(15-18)20(23)13-12-17-9-5-8-16-7-3-4-11-19(16)17/h3-5,7-9,11-13,18H,2,6,10,14-15H2,1H3/b13-12+/t18-/m0/s1. The normalized spacial score (nSPS) is 17.8. The van der Waals surface area contributed by atoms with Crippen LogP contribution in [0, 0.1) is 5.92 Å². The summed E-state index contributed by atoms with van der Waals surface area (Å²) >= 11 is 0. The molecule has 0 unspecified atom stereocenters. The third-order valence-corrected chi connectivity index (χ3v) is 4.58. The summed E-state index contributed by atoms with van der Waals surface area (Å²) in [5, 5.41) is 2.27. The van der Waals surface area contributed by atoms with Crippen LogP contribution in [0.3, 0.4) is 0 Å². The predicted octanol–water partition coefficient (Wildman–Crippen LogP) is 3.65. The highest BCUT2D eigenvalue weighted by molar-refractivity contribution is 5.97. The summed E-state index contributed by atoms with van der Waals surface area (Å²) in [5.41, 5.74) is 1.02. The van der Waals surface area contributed by atoms with Crippen LogP contribution in [0.4, 0.5) is 0 Å². The minimum atomic E-state index is -0.205. The van der Waals surface area contributed by atoms with Crippen LogP contribution in [0.5, 0.6) is 0 Å². The molecule has 1 heterocycles.